The molecular weight excluding hydrogens is 400 g/mol. The first-order valence-electron chi connectivity index (χ1n) is 10.9. The second-order valence-corrected chi connectivity index (χ2v) is 8.35. The molecule has 0 amide bonds. The molecule has 2 aromatic carbocycles. The van der Waals surface area contributed by atoms with Crippen LogP contribution in [0.25, 0.3) is 10.9 Å². The summed E-state index contributed by atoms with van der Waals surface area (Å²) in [5.74, 6) is 1.34. The van der Waals surface area contributed by atoms with Crippen molar-refractivity contribution >= 4 is 39.7 Å². The first kappa shape index (κ1) is 20.3. The first-order chi connectivity index (χ1) is 15.5. The van der Waals surface area contributed by atoms with Crippen LogP contribution in [0.3, 0.4) is 0 Å². The molecule has 2 N–H and O–H groups in total. The number of likely N-dealkylation sites (N-methyl/N-ethyl adjacent to an activating group) is 1. The quantitative estimate of drug-likeness (QED) is 0.499. The Morgan fingerprint density at radius 3 is 2.38 bits per heavy atom. The minimum Gasteiger partial charge on any atom is -0.369 e. The number of nitrogens with zero attached hydrogens (tertiary/aromatic N) is 6. The van der Waals surface area contributed by atoms with Crippen LogP contribution in [0, 0.1) is 6.92 Å². The molecule has 1 fully saturated rings. The number of benzene rings is 2. The molecule has 0 atom stereocenters. The van der Waals surface area contributed by atoms with Gasteiger partial charge in [-0.1, -0.05) is 0 Å². The summed E-state index contributed by atoms with van der Waals surface area (Å²) in [6.07, 6.45) is 3.70. The summed E-state index contributed by atoms with van der Waals surface area (Å²) in [7, 11) is 4.12. The van der Waals surface area contributed by atoms with Crippen LogP contribution in [0.2, 0.25) is 0 Å². The Hall–Kier alpha value is -3.65. The molecule has 8 heteroatoms. The standard InChI is InChI=1S/C24H28N8/c1-17-15-25-24(28-19-6-8-21(9-7-19)32-12-10-30(2)11-13-32)29-23(17)27-20-5-4-18-16-26-31(3)22(18)14-20/h4-9,14-16H,10-13H2,1-3H3,(H2,25,27,28,29). The largest absolute Gasteiger partial charge is 0.369 e. The molecule has 0 spiro atoms. The second kappa shape index (κ2) is 8.47. The number of aromatic nitrogens is 4. The topological polar surface area (TPSA) is 74.1 Å². The van der Waals surface area contributed by atoms with E-state index in [4.69, 9.17) is 4.98 Å². The number of rotatable bonds is 5. The summed E-state index contributed by atoms with van der Waals surface area (Å²) in [5, 5.41) is 12.2. The van der Waals surface area contributed by atoms with Gasteiger partial charge in [-0.15, -0.1) is 0 Å². The molecule has 0 radical (unpaired) electrons. The summed E-state index contributed by atoms with van der Waals surface area (Å²) >= 11 is 0. The lowest BCUT2D eigenvalue weighted by molar-refractivity contribution is 0.313. The average molecular weight is 429 g/mol. The van der Waals surface area contributed by atoms with Gasteiger partial charge in [-0.25, -0.2) is 4.98 Å². The Morgan fingerprint density at radius 1 is 0.844 bits per heavy atom. The minimum absolute atomic E-state index is 0.562. The van der Waals surface area contributed by atoms with Gasteiger partial charge >= 0.3 is 0 Å². The molecule has 0 unspecified atom stereocenters. The average Bonchev–Trinajstić information content (AvgIpc) is 3.17. The molecule has 4 aromatic rings. The smallest absolute Gasteiger partial charge is 0.229 e. The van der Waals surface area contributed by atoms with E-state index in [0.29, 0.717) is 5.95 Å². The minimum atomic E-state index is 0.562. The van der Waals surface area contributed by atoms with Crippen molar-refractivity contribution in [2.45, 2.75) is 6.92 Å². The predicted molar refractivity (Wildman–Crippen MR) is 130 cm³/mol. The monoisotopic (exact) mass is 428 g/mol. The molecular formula is C24H28N8. The molecule has 0 saturated carbocycles. The van der Waals surface area contributed by atoms with Crippen LogP contribution in [0.4, 0.5) is 28.8 Å². The van der Waals surface area contributed by atoms with E-state index in [-0.39, 0.29) is 0 Å². The third-order valence-corrected chi connectivity index (χ3v) is 5.98. The zero-order chi connectivity index (χ0) is 22.1. The molecule has 2 aromatic heterocycles. The van der Waals surface area contributed by atoms with Crippen molar-refractivity contribution in [3.63, 3.8) is 0 Å². The van der Waals surface area contributed by atoms with Crippen molar-refractivity contribution < 1.29 is 0 Å². The highest BCUT2D eigenvalue weighted by Gasteiger charge is 2.14. The zero-order valence-corrected chi connectivity index (χ0v) is 18.7. The highest BCUT2D eigenvalue weighted by molar-refractivity contribution is 5.83. The lowest BCUT2D eigenvalue weighted by Gasteiger charge is -2.34. The maximum atomic E-state index is 4.70. The molecule has 8 nitrogen and oxygen atoms in total. The number of piperazine rings is 1. The van der Waals surface area contributed by atoms with Gasteiger partial charge in [0.05, 0.1) is 11.7 Å². The van der Waals surface area contributed by atoms with Crippen molar-refractivity contribution in [2.24, 2.45) is 7.05 Å². The summed E-state index contributed by atoms with van der Waals surface area (Å²) in [6.45, 7) is 6.31. The normalized spacial score (nSPS) is 14.7. The van der Waals surface area contributed by atoms with E-state index in [9.17, 15) is 0 Å². The Balaban J connectivity index is 1.30. The molecule has 0 aliphatic carbocycles. The Kier molecular flexibility index (Phi) is 5.36. The lowest BCUT2D eigenvalue weighted by Crippen LogP contribution is -2.44. The van der Waals surface area contributed by atoms with Gasteiger partial charge < -0.3 is 20.4 Å². The zero-order valence-electron chi connectivity index (χ0n) is 18.7. The van der Waals surface area contributed by atoms with Crippen LogP contribution in [0.1, 0.15) is 5.56 Å². The van der Waals surface area contributed by atoms with Crippen LogP contribution in [0.15, 0.2) is 54.9 Å². The number of anilines is 5. The van der Waals surface area contributed by atoms with Gasteiger partial charge in [0.15, 0.2) is 0 Å². The van der Waals surface area contributed by atoms with E-state index in [2.05, 4.69) is 74.0 Å². The van der Waals surface area contributed by atoms with E-state index in [1.165, 1.54) is 5.69 Å². The van der Waals surface area contributed by atoms with E-state index in [1.54, 1.807) is 0 Å². The number of hydrogen-bond donors (Lipinski definition) is 2. The van der Waals surface area contributed by atoms with E-state index >= 15 is 0 Å². The van der Waals surface area contributed by atoms with Gasteiger partial charge in [0.1, 0.15) is 5.82 Å². The lowest BCUT2D eigenvalue weighted by atomic mass is 10.2. The molecule has 5 rings (SSSR count). The maximum Gasteiger partial charge on any atom is 0.229 e. The van der Waals surface area contributed by atoms with Crippen molar-refractivity contribution in [2.75, 3.05) is 48.8 Å². The predicted octanol–water partition coefficient (Wildman–Crippen LogP) is 3.91. The number of hydrogen-bond acceptors (Lipinski definition) is 7. The summed E-state index contributed by atoms with van der Waals surface area (Å²) in [5.41, 5.74) is 5.23. The summed E-state index contributed by atoms with van der Waals surface area (Å²) in [6, 6.07) is 14.7. The Bertz CT molecular complexity index is 1220. The van der Waals surface area contributed by atoms with Gasteiger partial charge in [-0.3, -0.25) is 4.68 Å². The van der Waals surface area contributed by atoms with Crippen LogP contribution in [0.5, 0.6) is 0 Å². The van der Waals surface area contributed by atoms with E-state index in [1.807, 2.05) is 37.1 Å². The van der Waals surface area contributed by atoms with Crippen molar-refractivity contribution in [3.8, 4) is 0 Å². The number of aryl methyl sites for hydroxylation is 2. The molecule has 1 aliphatic heterocycles. The van der Waals surface area contributed by atoms with Crippen molar-refractivity contribution in [1.82, 2.24) is 24.6 Å². The van der Waals surface area contributed by atoms with Crippen LogP contribution >= 0.6 is 0 Å². The molecule has 3 heterocycles. The fraction of sp³-hybridized carbons (Fsp3) is 0.292. The first-order valence-corrected chi connectivity index (χ1v) is 10.9. The van der Waals surface area contributed by atoms with Crippen molar-refractivity contribution in [1.29, 1.82) is 0 Å². The number of fused-ring (bicyclic) bond motifs is 1. The van der Waals surface area contributed by atoms with E-state index in [0.717, 1.165) is 59.8 Å². The molecule has 32 heavy (non-hydrogen) atoms. The molecule has 164 valence electrons. The van der Waals surface area contributed by atoms with Crippen LogP contribution in [-0.2, 0) is 7.05 Å². The SMILES string of the molecule is Cc1cnc(Nc2ccc(N3CCN(C)CC3)cc2)nc1Nc1ccc2cnn(C)c2c1. The van der Waals surface area contributed by atoms with Gasteiger partial charge in [-0.2, -0.15) is 10.1 Å². The highest BCUT2D eigenvalue weighted by Crippen LogP contribution is 2.25. The fourth-order valence-electron chi connectivity index (χ4n) is 3.94. The highest BCUT2D eigenvalue weighted by atomic mass is 15.3. The van der Waals surface area contributed by atoms with Gasteiger partial charge in [0.2, 0.25) is 5.95 Å². The summed E-state index contributed by atoms with van der Waals surface area (Å²) in [4.78, 5) is 13.9. The second-order valence-electron chi connectivity index (χ2n) is 8.35. The third-order valence-electron chi connectivity index (χ3n) is 5.98. The maximum absolute atomic E-state index is 4.70. The Labute approximate surface area is 187 Å². The Morgan fingerprint density at radius 2 is 1.59 bits per heavy atom. The third kappa shape index (κ3) is 4.22. The van der Waals surface area contributed by atoms with Crippen LogP contribution < -0.4 is 15.5 Å². The molecule has 1 saturated heterocycles. The van der Waals surface area contributed by atoms with Crippen molar-refractivity contribution in [3.05, 3.63) is 60.4 Å². The molecule has 0 bridgehead atoms. The van der Waals surface area contributed by atoms with Crippen LogP contribution in [-0.4, -0.2) is 57.9 Å². The summed E-state index contributed by atoms with van der Waals surface area (Å²) < 4.78 is 1.87. The van der Waals surface area contributed by atoms with E-state index < -0.39 is 0 Å². The van der Waals surface area contributed by atoms with Gasteiger partial charge in [0, 0.05) is 67.4 Å². The van der Waals surface area contributed by atoms with Gasteiger partial charge in [0.25, 0.3) is 0 Å². The fourth-order valence-corrected chi connectivity index (χ4v) is 3.94. The molecule has 1 aliphatic rings. The van der Waals surface area contributed by atoms with Gasteiger partial charge in [-0.05, 0) is 56.4 Å². The number of nitrogens with one attached hydrogen (secondary N) is 2.